The molecule has 0 spiro atoms. The Morgan fingerprint density at radius 2 is 1.10 bits per heavy atom. The minimum absolute atomic E-state index is 0.0125. The molecule has 0 unspecified atom stereocenters. The number of hydrogen-bond acceptors (Lipinski definition) is 12. The summed E-state index contributed by atoms with van der Waals surface area (Å²) < 4.78 is 0. The van der Waals surface area contributed by atoms with E-state index in [1.165, 1.54) is 0 Å². The van der Waals surface area contributed by atoms with E-state index < -0.39 is 69.8 Å². The van der Waals surface area contributed by atoms with Crippen molar-refractivity contribution in [2.45, 2.75) is 0 Å². The van der Waals surface area contributed by atoms with Gasteiger partial charge in [-0.2, -0.15) is 0 Å². The van der Waals surface area contributed by atoms with E-state index in [9.17, 15) is 55.8 Å². The molecule has 0 atom stereocenters. The smallest absolute Gasteiger partial charge is 0.334 e. The van der Waals surface area contributed by atoms with Crippen LogP contribution in [0.2, 0.25) is 0 Å². The Balaban J connectivity index is 2.51. The van der Waals surface area contributed by atoms with Crippen molar-refractivity contribution in [2.75, 3.05) is 0 Å². The van der Waals surface area contributed by atoms with Gasteiger partial charge in [0.25, 0.3) is 17.1 Å². The van der Waals surface area contributed by atoms with E-state index >= 15 is 0 Å². The van der Waals surface area contributed by atoms with Crippen LogP contribution < -0.4 is 4.85 Å². The highest BCUT2D eigenvalue weighted by Gasteiger charge is 2.39. The van der Waals surface area contributed by atoms with Crippen molar-refractivity contribution in [1.29, 1.82) is 0 Å². The molecule has 0 N–H and O–H groups in total. The van der Waals surface area contributed by atoms with Crippen molar-refractivity contribution in [2.24, 2.45) is 0 Å². The summed E-state index contributed by atoms with van der Waals surface area (Å²) in [4.78, 5) is 49.8. The number of nitro groups is 5. The summed E-state index contributed by atoms with van der Waals surface area (Å²) in [6.07, 6.45) is 0. The number of non-ortho nitro benzene ring substituents is 3. The van der Waals surface area contributed by atoms with Gasteiger partial charge in [-0.1, -0.05) is 0 Å². The summed E-state index contributed by atoms with van der Waals surface area (Å²) in [5, 5.41) is 72.1. The van der Waals surface area contributed by atoms with Crippen molar-refractivity contribution < 1.29 is 29.5 Å². The van der Waals surface area contributed by atoms with Gasteiger partial charge in [0.15, 0.2) is 0 Å². The molecule has 0 aliphatic rings. The number of nitrogens with zero attached hydrogens (tertiary/aromatic N) is 8. The van der Waals surface area contributed by atoms with Crippen LogP contribution in [-0.2, 0) is 0 Å². The fraction of sp³-hybridized carbons (Fsp3) is 0. The Hall–Kier alpha value is -5.36. The Morgan fingerprint density at radius 3 is 1.52 bits per heavy atom. The molecule has 0 saturated carbocycles. The average molecular weight is 436 g/mol. The highest BCUT2D eigenvalue weighted by molar-refractivity contribution is 5.84. The third-order valence-corrected chi connectivity index (χ3v) is 3.89. The topological polar surface area (TPSA) is 260 Å². The van der Waals surface area contributed by atoms with Crippen LogP contribution >= 0.6 is 0 Å². The Kier molecular flexibility index (Phi) is 4.54. The van der Waals surface area contributed by atoms with Crippen LogP contribution in [0.15, 0.2) is 24.3 Å². The second-order valence-electron chi connectivity index (χ2n) is 5.61. The van der Waals surface area contributed by atoms with Gasteiger partial charge in [0.2, 0.25) is 5.52 Å². The van der Waals surface area contributed by atoms with Gasteiger partial charge in [-0.25, -0.2) is 0 Å². The quantitative estimate of drug-likeness (QED) is 0.228. The molecule has 3 aromatic rings. The lowest BCUT2D eigenvalue weighted by Gasteiger charge is -2.05. The maximum atomic E-state index is 12.6. The van der Waals surface area contributed by atoms with Crippen LogP contribution in [0, 0.1) is 55.8 Å². The highest BCUT2D eigenvalue weighted by atomic mass is 16.6. The first-order valence-corrected chi connectivity index (χ1v) is 7.51. The molecule has 158 valence electrons. The minimum Gasteiger partial charge on any atom is -0.692 e. The number of nitro benzene ring substituents is 5. The summed E-state index contributed by atoms with van der Waals surface area (Å²) in [7, 11) is 0. The van der Waals surface area contributed by atoms with Gasteiger partial charge in [-0.05, 0) is 0 Å². The third-order valence-electron chi connectivity index (χ3n) is 3.89. The molecule has 0 fully saturated rings. The number of benzene rings is 2. The van der Waals surface area contributed by atoms with E-state index in [1.807, 2.05) is 0 Å². The van der Waals surface area contributed by atoms with Gasteiger partial charge in [0.1, 0.15) is 0 Å². The normalized spacial score (nSPS) is 10.7. The molecule has 1 aromatic heterocycles. The molecule has 0 saturated heterocycles. The highest BCUT2D eigenvalue weighted by Crippen LogP contribution is 2.37. The number of fused-ring (bicyclic) bond motifs is 1. The van der Waals surface area contributed by atoms with Crippen molar-refractivity contribution >= 4 is 39.5 Å². The van der Waals surface area contributed by atoms with Gasteiger partial charge in [-0.15, -0.1) is 4.85 Å². The largest absolute Gasteiger partial charge is 0.692 e. The van der Waals surface area contributed by atoms with Crippen LogP contribution in [0.3, 0.4) is 0 Å². The molecular weight excluding hydrogens is 432 g/mol. The van der Waals surface area contributed by atoms with Crippen LogP contribution in [-0.4, -0.2) is 34.5 Å². The van der Waals surface area contributed by atoms with Crippen LogP contribution in [0.25, 0.3) is 16.7 Å². The lowest BCUT2D eigenvalue weighted by atomic mass is 10.2. The molecule has 19 nitrogen and oxygen atoms in total. The zero-order valence-electron chi connectivity index (χ0n) is 14.4. The van der Waals surface area contributed by atoms with Gasteiger partial charge in [0, 0.05) is 4.80 Å². The van der Waals surface area contributed by atoms with Crippen LogP contribution in [0.1, 0.15) is 0 Å². The molecular formula is C12H4N8O11. The van der Waals surface area contributed by atoms with Crippen molar-refractivity contribution in [3.05, 3.63) is 80.0 Å². The summed E-state index contributed by atoms with van der Waals surface area (Å²) in [5.74, 6) is 0. The first-order chi connectivity index (χ1) is 14.4. The molecule has 2 aromatic carbocycles. The molecule has 1 heterocycles. The standard InChI is InChI=1S/C12H4N8O11/c21-15-7-1-5(16(22)23)2-8(18(26)27)11(7)13-14(15)12-9(19(28)29)3-6(17(24)25)4-10(12)20(30)31/h1-4H. The van der Waals surface area contributed by atoms with E-state index in [1.54, 1.807) is 0 Å². The maximum absolute atomic E-state index is 12.6. The molecule has 0 aliphatic heterocycles. The van der Waals surface area contributed by atoms with Crippen molar-refractivity contribution in [3.8, 4) is 5.69 Å². The Labute approximate surface area is 165 Å². The predicted octanol–water partition coefficient (Wildman–Crippen LogP) is 1.20. The van der Waals surface area contributed by atoms with E-state index in [0.29, 0.717) is 24.3 Å². The third kappa shape index (κ3) is 3.22. The maximum Gasteiger partial charge on any atom is 0.334 e. The summed E-state index contributed by atoms with van der Waals surface area (Å²) >= 11 is 0. The molecule has 0 aliphatic carbocycles. The zero-order chi connectivity index (χ0) is 23.2. The summed E-state index contributed by atoms with van der Waals surface area (Å²) in [6.45, 7) is 0. The average Bonchev–Trinajstić information content (AvgIpc) is 3.02. The van der Waals surface area contributed by atoms with E-state index in [2.05, 4.69) is 5.10 Å². The second kappa shape index (κ2) is 6.91. The first kappa shape index (κ1) is 20.4. The van der Waals surface area contributed by atoms with Crippen LogP contribution in [0.4, 0.5) is 28.4 Å². The number of aromatic nitrogens is 3. The van der Waals surface area contributed by atoms with E-state index in [4.69, 9.17) is 0 Å². The predicted molar refractivity (Wildman–Crippen MR) is 93.3 cm³/mol. The van der Waals surface area contributed by atoms with E-state index in [0.717, 1.165) is 0 Å². The minimum atomic E-state index is -1.28. The van der Waals surface area contributed by atoms with Gasteiger partial charge < -0.3 is 5.21 Å². The Bertz CT molecular complexity index is 1310. The summed E-state index contributed by atoms with van der Waals surface area (Å²) in [5.41, 5.74) is -8.25. The fourth-order valence-corrected chi connectivity index (χ4v) is 2.64. The van der Waals surface area contributed by atoms with E-state index in [-0.39, 0.29) is 9.64 Å². The Morgan fingerprint density at radius 1 is 0.677 bits per heavy atom. The fourth-order valence-electron chi connectivity index (χ4n) is 2.64. The molecule has 3 rings (SSSR count). The molecule has 0 radical (unpaired) electrons. The lowest BCUT2D eigenvalue weighted by molar-refractivity contribution is -0.665. The molecule has 0 amide bonds. The second-order valence-corrected chi connectivity index (χ2v) is 5.61. The molecule has 19 heteroatoms. The van der Waals surface area contributed by atoms with Gasteiger partial charge in [-0.3, -0.25) is 50.6 Å². The van der Waals surface area contributed by atoms with Gasteiger partial charge in [0.05, 0.1) is 54.0 Å². The van der Waals surface area contributed by atoms with Crippen molar-refractivity contribution in [1.82, 2.24) is 9.90 Å². The number of hydrogen-bond donors (Lipinski definition) is 0. The zero-order valence-corrected chi connectivity index (χ0v) is 14.4. The lowest BCUT2D eigenvalue weighted by Crippen LogP contribution is -2.37. The first-order valence-electron chi connectivity index (χ1n) is 7.51. The molecule has 0 bridgehead atoms. The van der Waals surface area contributed by atoms with Crippen molar-refractivity contribution in [3.63, 3.8) is 0 Å². The molecule has 31 heavy (non-hydrogen) atoms. The summed E-state index contributed by atoms with van der Waals surface area (Å²) in [6, 6.07) is 1.69. The SMILES string of the molecule is O=[N+]([O-])c1cc([N+](=O)[O-])c(-n2nc3c([N+](=O)[O-])cc([N+](=O)[O-])cc3[n+]2[O-])c([N+](=O)[O-])c1. The monoisotopic (exact) mass is 436 g/mol. The van der Waals surface area contributed by atoms with Gasteiger partial charge >= 0.3 is 22.6 Å². The van der Waals surface area contributed by atoms with Crippen LogP contribution in [0.5, 0.6) is 0 Å². The number of rotatable bonds is 6.